The zero-order chi connectivity index (χ0) is 50.8. The van der Waals surface area contributed by atoms with Crippen molar-refractivity contribution < 1.29 is 37.3 Å². The first-order valence-electron chi connectivity index (χ1n) is 28.3. The molecule has 0 aliphatic heterocycles. The van der Waals surface area contributed by atoms with Gasteiger partial charge in [0.2, 0.25) is 5.91 Å². The molecule has 0 aromatic carbocycles. The molecule has 0 bridgehead atoms. The molecule has 0 spiro atoms. The molecule has 0 fully saturated rings. The Morgan fingerprint density at radius 3 is 1.42 bits per heavy atom. The maximum atomic E-state index is 13.5. The summed E-state index contributed by atoms with van der Waals surface area (Å²) in [4.78, 5) is 37.5. The Balaban J connectivity index is 5.42. The van der Waals surface area contributed by atoms with Crippen LogP contribution in [0.15, 0.2) is 72.9 Å². The number of nitrogens with one attached hydrogen (secondary N) is 1. The average Bonchev–Trinajstić information content (AvgIpc) is 3.31. The molecule has 0 aromatic heterocycles. The number of carbonyl (C=O) groups excluding carboxylic acids is 2. The number of quaternary nitrogens is 1. The summed E-state index contributed by atoms with van der Waals surface area (Å²) in [5.74, 6) is -0.555. The molecule has 0 rings (SSSR count). The molecule has 400 valence electrons. The SMILES string of the molecule is CCCC/C=C\CCCCCCCC(=O)OC(/C=C/CCCCCCCCCCCCC)C(COP(=O)(O)OCC[N+](C)(C)C)NC(=O)CCCCC/C=C\C/C=C\C/C=C\C/C=C\CCCCC. The number of likely N-dealkylation sites (N-methyl/N-ethyl adjacent to an activating group) is 1. The number of phosphoric ester groups is 1. The zero-order valence-electron chi connectivity index (χ0n) is 45.5. The summed E-state index contributed by atoms with van der Waals surface area (Å²) in [5, 5.41) is 3.02. The first kappa shape index (κ1) is 66.5. The predicted molar refractivity (Wildman–Crippen MR) is 295 cm³/mol. The third-order valence-corrected chi connectivity index (χ3v) is 13.1. The minimum absolute atomic E-state index is 0.0301. The Hall–Kier alpha value is -2.55. The van der Waals surface area contributed by atoms with Crippen LogP contribution in [0, 0.1) is 0 Å². The number of allylic oxidation sites excluding steroid dienone is 11. The molecule has 0 heterocycles. The van der Waals surface area contributed by atoms with Crippen LogP contribution in [0.5, 0.6) is 0 Å². The Morgan fingerprint density at radius 1 is 0.507 bits per heavy atom. The van der Waals surface area contributed by atoms with E-state index in [-0.39, 0.29) is 31.5 Å². The largest absolute Gasteiger partial charge is 0.472 e. The van der Waals surface area contributed by atoms with Gasteiger partial charge in [-0.25, -0.2) is 4.57 Å². The van der Waals surface area contributed by atoms with E-state index in [1.807, 2.05) is 33.3 Å². The normalized spacial score (nSPS) is 14.4. The van der Waals surface area contributed by atoms with E-state index in [1.54, 1.807) is 0 Å². The van der Waals surface area contributed by atoms with Crippen LogP contribution in [0.1, 0.15) is 239 Å². The molecule has 0 aliphatic rings. The van der Waals surface area contributed by atoms with E-state index in [4.69, 9.17) is 13.8 Å². The number of esters is 1. The number of rotatable bonds is 50. The summed E-state index contributed by atoms with van der Waals surface area (Å²) in [6.45, 7) is 6.90. The molecule has 0 saturated carbocycles. The quantitative estimate of drug-likeness (QED) is 0.0205. The summed E-state index contributed by atoms with van der Waals surface area (Å²) in [7, 11) is 1.46. The third-order valence-electron chi connectivity index (χ3n) is 12.1. The van der Waals surface area contributed by atoms with Crippen LogP contribution in [0.3, 0.4) is 0 Å². The summed E-state index contributed by atoms with van der Waals surface area (Å²) in [6.07, 6.45) is 61.8. The van der Waals surface area contributed by atoms with Crippen molar-refractivity contribution in [3.63, 3.8) is 0 Å². The molecule has 0 aliphatic carbocycles. The molecule has 2 N–H and O–H groups in total. The highest BCUT2D eigenvalue weighted by Crippen LogP contribution is 2.43. The molecular formula is C59H108N2O7P+. The maximum absolute atomic E-state index is 13.5. The van der Waals surface area contributed by atoms with Gasteiger partial charge >= 0.3 is 13.8 Å². The van der Waals surface area contributed by atoms with Crippen LogP contribution in [0.4, 0.5) is 0 Å². The van der Waals surface area contributed by atoms with Crippen molar-refractivity contribution >= 4 is 19.7 Å². The number of hydrogen-bond acceptors (Lipinski definition) is 6. The third kappa shape index (κ3) is 50.2. The summed E-state index contributed by atoms with van der Waals surface area (Å²) in [6, 6.07) is -0.869. The molecular weight excluding hydrogens is 880 g/mol. The Morgan fingerprint density at radius 2 is 0.899 bits per heavy atom. The molecule has 0 aromatic rings. The first-order chi connectivity index (χ1) is 33.4. The van der Waals surface area contributed by atoms with E-state index in [2.05, 4.69) is 86.8 Å². The molecule has 69 heavy (non-hydrogen) atoms. The fourth-order valence-corrected chi connectivity index (χ4v) is 8.40. The second-order valence-electron chi connectivity index (χ2n) is 20.1. The fraction of sp³-hybridized carbons (Fsp3) is 0.763. The fourth-order valence-electron chi connectivity index (χ4n) is 7.67. The van der Waals surface area contributed by atoms with Crippen LogP contribution in [0.2, 0.25) is 0 Å². The van der Waals surface area contributed by atoms with E-state index in [9.17, 15) is 19.0 Å². The highest BCUT2D eigenvalue weighted by atomic mass is 31.2. The molecule has 3 unspecified atom stereocenters. The number of nitrogens with zero attached hydrogens (tertiary/aromatic N) is 1. The van der Waals surface area contributed by atoms with Crippen LogP contribution < -0.4 is 5.32 Å². The zero-order valence-corrected chi connectivity index (χ0v) is 46.4. The highest BCUT2D eigenvalue weighted by molar-refractivity contribution is 7.47. The van der Waals surface area contributed by atoms with Gasteiger partial charge in [-0.15, -0.1) is 0 Å². The lowest BCUT2D eigenvalue weighted by Gasteiger charge is -2.27. The molecule has 10 heteroatoms. The van der Waals surface area contributed by atoms with Crippen LogP contribution in [-0.2, 0) is 27.9 Å². The molecule has 1 amide bonds. The standard InChI is InChI=1S/C59H107N2O7P/c1-7-10-13-16-19-22-25-27-28-29-30-31-32-34-37-39-42-45-48-51-58(62)60-56(55-67-69(64,65)66-54-53-61(4,5)6)57(50-47-44-41-38-36-33-26-23-20-17-14-11-8-2)68-59(63)52-49-46-43-40-35-24-21-18-15-12-9-3/h18-19,21-22,27-28,30-31,34,37,47,50,56-57H,7-17,20,23-26,29,32-33,35-36,38-46,48-49,51-55H2,1-6H3,(H-,60,62,64,65)/p+1/b21-18-,22-19-,28-27-,31-30-,37-34-,50-47+. The van der Waals surface area contributed by atoms with Gasteiger partial charge in [-0.2, -0.15) is 0 Å². The van der Waals surface area contributed by atoms with E-state index in [0.29, 0.717) is 23.9 Å². The summed E-state index contributed by atoms with van der Waals surface area (Å²) < 4.78 is 30.5. The number of hydrogen-bond donors (Lipinski definition) is 2. The van der Waals surface area contributed by atoms with E-state index >= 15 is 0 Å². The minimum atomic E-state index is -4.45. The predicted octanol–water partition coefficient (Wildman–Crippen LogP) is 16.9. The number of amides is 1. The minimum Gasteiger partial charge on any atom is -0.456 e. The Bertz CT molecular complexity index is 1420. The number of phosphoric acid groups is 1. The average molecular weight is 988 g/mol. The molecule has 9 nitrogen and oxygen atoms in total. The summed E-state index contributed by atoms with van der Waals surface area (Å²) >= 11 is 0. The number of unbranched alkanes of at least 4 members (excludes halogenated alkanes) is 24. The lowest BCUT2D eigenvalue weighted by atomic mass is 10.0. The van der Waals surface area contributed by atoms with E-state index in [0.717, 1.165) is 103 Å². The highest BCUT2D eigenvalue weighted by Gasteiger charge is 2.30. The molecule has 0 radical (unpaired) electrons. The monoisotopic (exact) mass is 988 g/mol. The Labute approximate surface area is 425 Å². The van der Waals surface area contributed by atoms with Crippen LogP contribution >= 0.6 is 7.82 Å². The lowest BCUT2D eigenvalue weighted by molar-refractivity contribution is -0.870. The van der Waals surface area contributed by atoms with Gasteiger partial charge in [0.25, 0.3) is 0 Å². The second kappa shape index (κ2) is 49.0. The van der Waals surface area contributed by atoms with Crippen molar-refractivity contribution in [2.75, 3.05) is 40.9 Å². The van der Waals surface area contributed by atoms with Gasteiger partial charge in [0, 0.05) is 12.8 Å². The van der Waals surface area contributed by atoms with Crippen molar-refractivity contribution in [1.29, 1.82) is 0 Å². The van der Waals surface area contributed by atoms with Gasteiger partial charge in [0.1, 0.15) is 19.3 Å². The van der Waals surface area contributed by atoms with Gasteiger partial charge in [0.05, 0.1) is 33.8 Å². The smallest absolute Gasteiger partial charge is 0.456 e. The van der Waals surface area contributed by atoms with Gasteiger partial charge < -0.3 is 19.4 Å². The van der Waals surface area contributed by atoms with Gasteiger partial charge in [-0.05, 0) is 96.0 Å². The molecule has 3 atom stereocenters. The summed E-state index contributed by atoms with van der Waals surface area (Å²) in [5.41, 5.74) is 0. The second-order valence-corrected chi connectivity index (χ2v) is 21.6. The molecule has 0 saturated heterocycles. The van der Waals surface area contributed by atoms with Gasteiger partial charge in [-0.1, -0.05) is 203 Å². The van der Waals surface area contributed by atoms with Gasteiger partial charge in [-0.3, -0.25) is 18.6 Å². The topological polar surface area (TPSA) is 111 Å². The van der Waals surface area contributed by atoms with Crippen molar-refractivity contribution in [2.45, 2.75) is 251 Å². The van der Waals surface area contributed by atoms with Crippen molar-refractivity contribution in [3.8, 4) is 0 Å². The van der Waals surface area contributed by atoms with E-state index < -0.39 is 20.0 Å². The number of carbonyl (C=O) groups is 2. The van der Waals surface area contributed by atoms with Gasteiger partial charge in [0.15, 0.2) is 0 Å². The maximum Gasteiger partial charge on any atom is 0.472 e. The van der Waals surface area contributed by atoms with Crippen LogP contribution in [-0.4, -0.2) is 74.3 Å². The van der Waals surface area contributed by atoms with E-state index in [1.165, 1.54) is 96.3 Å². The first-order valence-corrected chi connectivity index (χ1v) is 29.8. The van der Waals surface area contributed by atoms with Crippen LogP contribution in [0.25, 0.3) is 0 Å². The lowest BCUT2D eigenvalue weighted by Crippen LogP contribution is -2.47. The van der Waals surface area contributed by atoms with Crippen molar-refractivity contribution in [2.24, 2.45) is 0 Å². The number of ether oxygens (including phenoxy) is 1. The van der Waals surface area contributed by atoms with Crippen molar-refractivity contribution in [3.05, 3.63) is 72.9 Å². The Kier molecular flexibility index (Phi) is 47.2. The van der Waals surface area contributed by atoms with Crippen molar-refractivity contribution in [1.82, 2.24) is 5.32 Å².